The molecule has 2 unspecified atom stereocenters. The smallest absolute Gasteiger partial charge is 0.252 e. The number of nitrogens with zero attached hydrogens (tertiary/aromatic N) is 2. The maximum absolute atomic E-state index is 14.0. The van der Waals surface area contributed by atoms with E-state index in [2.05, 4.69) is 5.32 Å². The lowest BCUT2D eigenvalue weighted by atomic mass is 10.1. The number of sulfonamides is 1. The molecule has 0 bridgehead atoms. The van der Waals surface area contributed by atoms with Crippen LogP contribution in [0.1, 0.15) is 31.9 Å². The van der Waals surface area contributed by atoms with E-state index in [9.17, 15) is 22.8 Å². The molecular formula is C27H27N3O6S. The summed E-state index contributed by atoms with van der Waals surface area (Å²) >= 11 is 0. The van der Waals surface area contributed by atoms with Crippen LogP contribution in [0.2, 0.25) is 0 Å². The van der Waals surface area contributed by atoms with Gasteiger partial charge in [0.25, 0.3) is 5.91 Å². The van der Waals surface area contributed by atoms with Gasteiger partial charge in [0.15, 0.2) is 0 Å². The second-order valence-electron chi connectivity index (χ2n) is 8.61. The standard InChI is InChI=1S/C27H27N3O6S/c1-18(20-7-5-4-6-8-20)30(37(34,35)24-15-9-21(10-16-24)28-19(2)31)25-17-26(32)29(27(25)33)22-11-13-23(36-3)14-12-22/h4-16,18,25H,17H2,1-3H3,(H,28,31). The van der Waals surface area contributed by atoms with Gasteiger partial charge in [0, 0.05) is 18.7 Å². The van der Waals surface area contributed by atoms with Gasteiger partial charge in [-0.3, -0.25) is 14.4 Å². The van der Waals surface area contributed by atoms with Crippen molar-refractivity contribution in [2.75, 3.05) is 17.3 Å². The molecule has 0 aromatic heterocycles. The highest BCUT2D eigenvalue weighted by atomic mass is 32.2. The normalized spacial score (nSPS) is 16.6. The number of methoxy groups -OCH3 is 1. The van der Waals surface area contributed by atoms with E-state index in [0.29, 0.717) is 22.7 Å². The fourth-order valence-electron chi connectivity index (χ4n) is 4.38. The Kier molecular flexibility index (Phi) is 7.42. The Morgan fingerprint density at radius 2 is 1.62 bits per heavy atom. The van der Waals surface area contributed by atoms with Crippen molar-refractivity contribution in [3.05, 3.63) is 84.4 Å². The first kappa shape index (κ1) is 26.1. The summed E-state index contributed by atoms with van der Waals surface area (Å²) in [5, 5.41) is 2.60. The van der Waals surface area contributed by atoms with Gasteiger partial charge in [0.1, 0.15) is 11.8 Å². The van der Waals surface area contributed by atoms with Gasteiger partial charge >= 0.3 is 0 Å². The lowest BCUT2D eigenvalue weighted by Crippen LogP contribution is -2.46. The molecule has 1 N–H and O–H groups in total. The average Bonchev–Trinajstić information content (AvgIpc) is 3.17. The Bertz CT molecular complexity index is 1410. The topological polar surface area (TPSA) is 113 Å². The molecule has 1 aliphatic heterocycles. The highest BCUT2D eigenvalue weighted by Gasteiger charge is 2.48. The van der Waals surface area contributed by atoms with Crippen molar-refractivity contribution in [2.45, 2.75) is 37.2 Å². The van der Waals surface area contributed by atoms with E-state index in [1.165, 1.54) is 38.3 Å². The highest BCUT2D eigenvalue weighted by Crippen LogP contribution is 2.36. The third-order valence-corrected chi connectivity index (χ3v) is 8.17. The summed E-state index contributed by atoms with van der Waals surface area (Å²) in [6, 6.07) is 19.0. The van der Waals surface area contributed by atoms with E-state index in [1.807, 2.05) is 6.07 Å². The van der Waals surface area contributed by atoms with Crippen LogP contribution in [0.25, 0.3) is 0 Å². The Hall–Kier alpha value is -4.02. The van der Waals surface area contributed by atoms with Crippen molar-refractivity contribution in [2.24, 2.45) is 0 Å². The molecule has 192 valence electrons. The number of amides is 3. The predicted octanol–water partition coefficient (Wildman–Crippen LogP) is 3.74. The molecule has 1 aliphatic rings. The van der Waals surface area contributed by atoms with E-state index in [4.69, 9.17) is 4.74 Å². The number of carbonyl (C=O) groups is 3. The van der Waals surface area contributed by atoms with Crippen LogP contribution in [0, 0.1) is 0 Å². The van der Waals surface area contributed by atoms with Crippen molar-refractivity contribution in [3.63, 3.8) is 0 Å². The third-order valence-electron chi connectivity index (χ3n) is 6.17. The maximum atomic E-state index is 14.0. The van der Waals surface area contributed by atoms with Gasteiger partial charge in [-0.25, -0.2) is 13.3 Å². The molecule has 37 heavy (non-hydrogen) atoms. The van der Waals surface area contributed by atoms with Crippen LogP contribution in [0.15, 0.2) is 83.8 Å². The van der Waals surface area contributed by atoms with Crippen LogP contribution < -0.4 is 15.0 Å². The van der Waals surface area contributed by atoms with E-state index in [1.54, 1.807) is 55.5 Å². The first-order valence-electron chi connectivity index (χ1n) is 11.6. The largest absolute Gasteiger partial charge is 0.497 e. The maximum Gasteiger partial charge on any atom is 0.252 e. The minimum atomic E-state index is -4.25. The first-order chi connectivity index (χ1) is 17.6. The number of imide groups is 1. The number of benzene rings is 3. The monoisotopic (exact) mass is 521 g/mol. The first-order valence-corrected chi connectivity index (χ1v) is 13.0. The zero-order valence-corrected chi connectivity index (χ0v) is 21.4. The molecule has 9 nitrogen and oxygen atoms in total. The summed E-state index contributed by atoms with van der Waals surface area (Å²) < 4.78 is 34.2. The van der Waals surface area contributed by atoms with E-state index >= 15 is 0 Å². The van der Waals surface area contributed by atoms with Gasteiger partial charge in [-0.05, 0) is 61.0 Å². The lowest BCUT2D eigenvalue weighted by molar-refractivity contribution is -0.122. The zero-order valence-electron chi connectivity index (χ0n) is 20.6. The summed E-state index contributed by atoms with van der Waals surface area (Å²) in [6.45, 7) is 3.04. The quantitative estimate of drug-likeness (QED) is 0.452. The number of anilines is 2. The van der Waals surface area contributed by atoms with Crippen molar-refractivity contribution in [1.82, 2.24) is 4.31 Å². The fourth-order valence-corrected chi connectivity index (χ4v) is 6.14. The van der Waals surface area contributed by atoms with E-state index in [-0.39, 0.29) is 17.2 Å². The Morgan fingerprint density at radius 3 is 2.19 bits per heavy atom. The van der Waals surface area contributed by atoms with Gasteiger partial charge in [0.05, 0.1) is 24.1 Å². The number of carbonyl (C=O) groups excluding carboxylic acids is 3. The minimum Gasteiger partial charge on any atom is -0.497 e. The number of hydrogen-bond donors (Lipinski definition) is 1. The van der Waals surface area contributed by atoms with Crippen LogP contribution in [0.5, 0.6) is 5.75 Å². The molecule has 10 heteroatoms. The fraction of sp³-hybridized carbons (Fsp3) is 0.222. The van der Waals surface area contributed by atoms with Crippen molar-refractivity contribution in [3.8, 4) is 5.75 Å². The molecule has 4 rings (SSSR count). The van der Waals surface area contributed by atoms with Gasteiger partial charge in [-0.2, -0.15) is 4.31 Å². The molecule has 1 fully saturated rings. The summed E-state index contributed by atoms with van der Waals surface area (Å²) in [6.07, 6.45) is -0.300. The Labute approximate surface area is 215 Å². The number of hydrogen-bond acceptors (Lipinski definition) is 6. The number of ether oxygens (including phenoxy) is 1. The number of rotatable bonds is 8. The highest BCUT2D eigenvalue weighted by molar-refractivity contribution is 7.89. The molecule has 3 aromatic rings. The van der Waals surface area contributed by atoms with Gasteiger partial charge < -0.3 is 10.1 Å². The van der Waals surface area contributed by atoms with Gasteiger partial charge in [0.2, 0.25) is 21.8 Å². The SMILES string of the molecule is COc1ccc(N2C(=O)CC(N(C(C)c3ccccc3)S(=O)(=O)c3ccc(NC(C)=O)cc3)C2=O)cc1. The van der Waals surface area contributed by atoms with Crippen molar-refractivity contribution >= 4 is 39.1 Å². The van der Waals surface area contributed by atoms with Crippen LogP contribution in [-0.2, 0) is 24.4 Å². The Morgan fingerprint density at radius 1 is 1.00 bits per heavy atom. The molecule has 0 aliphatic carbocycles. The molecule has 1 heterocycles. The third kappa shape index (κ3) is 5.25. The summed E-state index contributed by atoms with van der Waals surface area (Å²) in [7, 11) is -2.74. The molecule has 3 amide bonds. The van der Waals surface area contributed by atoms with Crippen LogP contribution in [0.3, 0.4) is 0 Å². The van der Waals surface area contributed by atoms with Gasteiger partial charge in [-0.15, -0.1) is 0 Å². The molecule has 0 radical (unpaired) electrons. The minimum absolute atomic E-state index is 0.0625. The Balaban J connectivity index is 1.75. The number of nitrogens with one attached hydrogen (secondary N) is 1. The second-order valence-corrected chi connectivity index (χ2v) is 10.5. The van der Waals surface area contributed by atoms with Crippen LogP contribution >= 0.6 is 0 Å². The van der Waals surface area contributed by atoms with Gasteiger partial charge in [-0.1, -0.05) is 30.3 Å². The summed E-state index contributed by atoms with van der Waals surface area (Å²) in [5.41, 5.74) is 1.44. The summed E-state index contributed by atoms with van der Waals surface area (Å²) in [5.74, 6) is -0.856. The van der Waals surface area contributed by atoms with Crippen LogP contribution in [0.4, 0.5) is 11.4 Å². The molecule has 0 spiro atoms. The van der Waals surface area contributed by atoms with E-state index in [0.717, 1.165) is 9.21 Å². The average molecular weight is 522 g/mol. The summed E-state index contributed by atoms with van der Waals surface area (Å²) in [4.78, 5) is 39.0. The molecular weight excluding hydrogens is 494 g/mol. The lowest BCUT2D eigenvalue weighted by Gasteiger charge is -2.32. The second kappa shape index (κ2) is 10.5. The molecule has 2 atom stereocenters. The van der Waals surface area contributed by atoms with Crippen LogP contribution in [-0.4, -0.2) is 43.6 Å². The molecule has 0 saturated carbocycles. The van der Waals surface area contributed by atoms with E-state index < -0.39 is 33.9 Å². The van der Waals surface area contributed by atoms with Crippen molar-refractivity contribution < 1.29 is 27.5 Å². The predicted molar refractivity (Wildman–Crippen MR) is 139 cm³/mol. The molecule has 3 aromatic carbocycles. The zero-order chi connectivity index (χ0) is 26.7. The van der Waals surface area contributed by atoms with Crippen molar-refractivity contribution in [1.29, 1.82) is 0 Å². The molecule has 1 saturated heterocycles.